The van der Waals surface area contributed by atoms with Crippen LogP contribution in [0, 0.1) is 0 Å². The molecule has 0 spiro atoms. The zero-order chi connectivity index (χ0) is 11.3. The van der Waals surface area contributed by atoms with Crippen LogP contribution in [-0.4, -0.2) is 20.1 Å². The number of benzene rings is 1. The number of methoxy groups -OCH3 is 1. The molecule has 1 N–H and O–H groups in total. The fourth-order valence-corrected chi connectivity index (χ4v) is 1.46. The summed E-state index contributed by atoms with van der Waals surface area (Å²) >= 11 is 5.78. The van der Waals surface area contributed by atoms with E-state index in [4.69, 9.17) is 11.6 Å². The molecule has 0 aliphatic carbocycles. The highest BCUT2D eigenvalue weighted by atomic mass is 35.5. The molecule has 1 rings (SSSR count). The lowest BCUT2D eigenvalue weighted by atomic mass is 10.0. The fraction of sp³-hybridized carbons (Fsp3) is 0.364. The van der Waals surface area contributed by atoms with Gasteiger partial charge < -0.3 is 10.1 Å². The minimum Gasteiger partial charge on any atom is -0.469 e. The molecule has 1 atom stereocenters. The van der Waals surface area contributed by atoms with Crippen molar-refractivity contribution in [2.45, 2.75) is 12.5 Å². The van der Waals surface area contributed by atoms with Crippen molar-refractivity contribution in [1.82, 2.24) is 5.32 Å². The Morgan fingerprint density at radius 3 is 2.53 bits per heavy atom. The van der Waals surface area contributed by atoms with Gasteiger partial charge in [-0.1, -0.05) is 23.7 Å². The van der Waals surface area contributed by atoms with Gasteiger partial charge in [-0.25, -0.2) is 0 Å². The number of hydrogen-bond donors (Lipinski definition) is 1. The van der Waals surface area contributed by atoms with Gasteiger partial charge in [-0.3, -0.25) is 4.79 Å². The molecule has 0 amide bonds. The first kappa shape index (κ1) is 12.0. The summed E-state index contributed by atoms with van der Waals surface area (Å²) in [6, 6.07) is 7.37. The topological polar surface area (TPSA) is 38.3 Å². The van der Waals surface area contributed by atoms with Crippen LogP contribution in [0.5, 0.6) is 0 Å². The third-order valence-electron chi connectivity index (χ3n) is 2.22. The van der Waals surface area contributed by atoms with Crippen LogP contribution in [0.2, 0.25) is 5.02 Å². The minimum atomic E-state index is -0.232. The number of rotatable bonds is 4. The first-order chi connectivity index (χ1) is 7.17. The molecule has 15 heavy (non-hydrogen) atoms. The van der Waals surface area contributed by atoms with Crippen LogP contribution < -0.4 is 5.32 Å². The van der Waals surface area contributed by atoms with Crippen molar-refractivity contribution in [3.05, 3.63) is 34.9 Å². The van der Waals surface area contributed by atoms with Crippen molar-refractivity contribution in [3.8, 4) is 0 Å². The normalized spacial score (nSPS) is 12.2. The molecule has 0 fully saturated rings. The molecule has 0 saturated carbocycles. The summed E-state index contributed by atoms with van der Waals surface area (Å²) in [6.07, 6.45) is 0.314. The van der Waals surface area contributed by atoms with E-state index in [1.54, 1.807) is 12.1 Å². The van der Waals surface area contributed by atoms with Gasteiger partial charge in [-0.2, -0.15) is 0 Å². The van der Waals surface area contributed by atoms with Gasteiger partial charge in [0.1, 0.15) is 0 Å². The number of nitrogens with one attached hydrogen (secondary N) is 1. The Kier molecular flexibility index (Phi) is 4.59. The Morgan fingerprint density at radius 1 is 1.47 bits per heavy atom. The van der Waals surface area contributed by atoms with Crippen LogP contribution in [-0.2, 0) is 9.53 Å². The molecular weight excluding hydrogens is 214 g/mol. The average molecular weight is 228 g/mol. The molecular formula is C11H14ClNO2. The lowest BCUT2D eigenvalue weighted by molar-refractivity contribution is -0.141. The van der Waals surface area contributed by atoms with Crippen LogP contribution in [0.4, 0.5) is 0 Å². The molecule has 0 bridgehead atoms. The molecule has 0 heterocycles. The minimum absolute atomic E-state index is 0.0327. The lowest BCUT2D eigenvalue weighted by Gasteiger charge is -2.15. The lowest BCUT2D eigenvalue weighted by Crippen LogP contribution is -2.20. The zero-order valence-corrected chi connectivity index (χ0v) is 9.54. The van der Waals surface area contributed by atoms with Gasteiger partial charge in [-0.05, 0) is 24.7 Å². The summed E-state index contributed by atoms with van der Waals surface area (Å²) in [4.78, 5) is 11.1. The predicted octanol–water partition coefficient (Wildman–Crippen LogP) is 2.16. The highest BCUT2D eigenvalue weighted by Crippen LogP contribution is 2.19. The van der Waals surface area contributed by atoms with Crippen LogP contribution >= 0.6 is 11.6 Å². The first-order valence-electron chi connectivity index (χ1n) is 4.67. The van der Waals surface area contributed by atoms with Gasteiger partial charge in [0, 0.05) is 11.1 Å². The van der Waals surface area contributed by atoms with Crippen molar-refractivity contribution in [3.63, 3.8) is 0 Å². The first-order valence-corrected chi connectivity index (χ1v) is 5.04. The molecule has 1 aromatic rings. The second-order valence-electron chi connectivity index (χ2n) is 3.17. The molecule has 4 heteroatoms. The maximum absolute atomic E-state index is 11.1. The van der Waals surface area contributed by atoms with E-state index in [0.29, 0.717) is 11.4 Å². The van der Waals surface area contributed by atoms with E-state index in [1.165, 1.54) is 7.11 Å². The van der Waals surface area contributed by atoms with Crippen LogP contribution in [0.1, 0.15) is 18.0 Å². The number of esters is 1. The van der Waals surface area contributed by atoms with Gasteiger partial charge in [0.15, 0.2) is 0 Å². The predicted molar refractivity (Wildman–Crippen MR) is 59.9 cm³/mol. The zero-order valence-electron chi connectivity index (χ0n) is 8.79. The summed E-state index contributed by atoms with van der Waals surface area (Å²) in [5, 5.41) is 3.75. The quantitative estimate of drug-likeness (QED) is 0.802. The Morgan fingerprint density at radius 2 is 2.07 bits per heavy atom. The van der Waals surface area contributed by atoms with E-state index in [0.717, 1.165) is 5.56 Å². The maximum Gasteiger partial charge on any atom is 0.307 e. The summed E-state index contributed by atoms with van der Waals surface area (Å²) in [7, 11) is 3.19. The monoisotopic (exact) mass is 227 g/mol. The van der Waals surface area contributed by atoms with E-state index in [9.17, 15) is 4.79 Å². The molecule has 0 aromatic heterocycles. The van der Waals surface area contributed by atoms with Crippen LogP contribution in [0.25, 0.3) is 0 Å². The van der Waals surface area contributed by atoms with Crippen molar-refractivity contribution < 1.29 is 9.53 Å². The molecule has 0 aliphatic rings. The second-order valence-corrected chi connectivity index (χ2v) is 3.61. The number of carbonyl (C=O) groups excluding carboxylic acids is 1. The van der Waals surface area contributed by atoms with E-state index in [-0.39, 0.29) is 12.0 Å². The van der Waals surface area contributed by atoms with Gasteiger partial charge in [0.05, 0.1) is 13.5 Å². The third-order valence-corrected chi connectivity index (χ3v) is 2.47. The third kappa shape index (κ3) is 3.53. The number of hydrogen-bond acceptors (Lipinski definition) is 3. The molecule has 1 aromatic carbocycles. The summed E-state index contributed by atoms with van der Waals surface area (Å²) in [5.41, 5.74) is 1.02. The molecule has 0 aliphatic heterocycles. The van der Waals surface area contributed by atoms with Gasteiger partial charge in [-0.15, -0.1) is 0 Å². The molecule has 0 saturated heterocycles. The van der Waals surface area contributed by atoms with Crippen molar-refractivity contribution >= 4 is 17.6 Å². The van der Waals surface area contributed by atoms with E-state index >= 15 is 0 Å². The average Bonchev–Trinajstić information content (AvgIpc) is 2.27. The maximum atomic E-state index is 11.1. The summed E-state index contributed by atoms with van der Waals surface area (Å²) in [6.45, 7) is 0. The molecule has 82 valence electrons. The fourth-order valence-electron chi connectivity index (χ4n) is 1.33. The molecule has 1 unspecified atom stereocenters. The van der Waals surface area contributed by atoms with Gasteiger partial charge in [0.25, 0.3) is 0 Å². The van der Waals surface area contributed by atoms with Crippen molar-refractivity contribution in [2.24, 2.45) is 0 Å². The van der Waals surface area contributed by atoms with Gasteiger partial charge in [0.2, 0.25) is 0 Å². The number of ether oxygens (including phenoxy) is 1. The SMILES string of the molecule is CNC(CC(=O)OC)c1ccc(Cl)cc1. The van der Waals surface area contributed by atoms with E-state index in [1.807, 2.05) is 19.2 Å². The second kappa shape index (κ2) is 5.73. The summed E-state index contributed by atoms with van der Waals surface area (Å²) in [5.74, 6) is -0.232. The van der Waals surface area contributed by atoms with E-state index in [2.05, 4.69) is 10.1 Å². The highest BCUT2D eigenvalue weighted by Gasteiger charge is 2.13. The van der Waals surface area contributed by atoms with Crippen LogP contribution in [0.15, 0.2) is 24.3 Å². The molecule has 0 radical (unpaired) electrons. The Bertz CT molecular complexity index is 324. The van der Waals surface area contributed by atoms with Crippen LogP contribution in [0.3, 0.4) is 0 Å². The Labute approximate surface area is 94.4 Å². The Hall–Kier alpha value is -1.06. The van der Waals surface area contributed by atoms with Crippen molar-refractivity contribution in [2.75, 3.05) is 14.2 Å². The summed E-state index contributed by atoms with van der Waals surface area (Å²) < 4.78 is 4.62. The number of carbonyl (C=O) groups is 1. The standard InChI is InChI=1S/C11H14ClNO2/c1-13-10(7-11(14)15-2)8-3-5-9(12)6-4-8/h3-6,10,13H,7H2,1-2H3. The highest BCUT2D eigenvalue weighted by molar-refractivity contribution is 6.30. The van der Waals surface area contributed by atoms with Crippen molar-refractivity contribution in [1.29, 1.82) is 0 Å². The van der Waals surface area contributed by atoms with Gasteiger partial charge >= 0.3 is 5.97 Å². The van der Waals surface area contributed by atoms with E-state index < -0.39 is 0 Å². The Balaban J connectivity index is 2.74. The largest absolute Gasteiger partial charge is 0.469 e. The smallest absolute Gasteiger partial charge is 0.307 e. The number of halogens is 1. The molecule has 3 nitrogen and oxygen atoms in total.